The molecule has 1 heterocycles. The van der Waals surface area contributed by atoms with Crippen molar-refractivity contribution in [2.75, 3.05) is 5.32 Å². The Hall–Kier alpha value is -3.73. The van der Waals surface area contributed by atoms with Crippen LogP contribution in [0.25, 0.3) is 0 Å². The van der Waals surface area contributed by atoms with Crippen LogP contribution in [0, 0.1) is 6.92 Å². The summed E-state index contributed by atoms with van der Waals surface area (Å²) >= 11 is 0. The monoisotopic (exact) mass is 398 g/mol. The minimum Gasteiger partial charge on any atom is -0.326 e. The van der Waals surface area contributed by atoms with Crippen molar-refractivity contribution in [1.29, 1.82) is 0 Å². The second-order valence-electron chi connectivity index (χ2n) is 7.42. The number of benzene rings is 3. The number of hydrogen-bond donors (Lipinski definition) is 1. The summed E-state index contributed by atoms with van der Waals surface area (Å²) in [4.78, 5) is 38.9. The zero-order valence-electron chi connectivity index (χ0n) is 16.7. The minimum absolute atomic E-state index is 0.0746. The molecule has 0 saturated heterocycles. The lowest BCUT2D eigenvalue weighted by molar-refractivity contribution is -0.116. The number of fused-ring (bicyclic) bond motifs is 1. The van der Waals surface area contributed by atoms with Gasteiger partial charge in [-0.3, -0.25) is 19.3 Å². The Bertz CT molecular complexity index is 1090. The first-order chi connectivity index (χ1) is 14.5. The van der Waals surface area contributed by atoms with Gasteiger partial charge in [0.2, 0.25) is 5.91 Å². The molecule has 0 spiro atoms. The van der Waals surface area contributed by atoms with Crippen LogP contribution in [-0.4, -0.2) is 22.6 Å². The van der Waals surface area contributed by atoms with Crippen molar-refractivity contribution >= 4 is 23.4 Å². The molecular formula is C25H22N2O3. The van der Waals surface area contributed by atoms with Gasteiger partial charge in [0.15, 0.2) is 0 Å². The van der Waals surface area contributed by atoms with E-state index in [0.29, 0.717) is 29.7 Å². The third kappa shape index (κ3) is 4.01. The van der Waals surface area contributed by atoms with Crippen molar-refractivity contribution in [2.24, 2.45) is 0 Å². The summed E-state index contributed by atoms with van der Waals surface area (Å²) in [5.41, 5.74) is 4.42. The molecule has 0 aliphatic carbocycles. The van der Waals surface area contributed by atoms with E-state index in [2.05, 4.69) is 5.32 Å². The number of imide groups is 1. The van der Waals surface area contributed by atoms with Gasteiger partial charge in [-0.15, -0.1) is 0 Å². The molecule has 0 unspecified atom stereocenters. The molecule has 3 aromatic carbocycles. The van der Waals surface area contributed by atoms with Crippen LogP contribution in [0.2, 0.25) is 0 Å². The summed E-state index contributed by atoms with van der Waals surface area (Å²) in [6, 6.07) is 22.3. The summed E-state index contributed by atoms with van der Waals surface area (Å²) in [7, 11) is 0. The number of rotatable bonds is 6. The maximum atomic E-state index is 12.6. The predicted octanol–water partition coefficient (Wildman–Crippen LogP) is 4.36. The van der Waals surface area contributed by atoms with E-state index >= 15 is 0 Å². The molecule has 1 aliphatic rings. The average molecular weight is 398 g/mol. The molecule has 0 aromatic heterocycles. The molecule has 1 N–H and O–H groups in total. The highest BCUT2D eigenvalue weighted by Crippen LogP contribution is 2.26. The number of anilines is 1. The fraction of sp³-hybridized carbons (Fsp3) is 0.160. The lowest BCUT2D eigenvalue weighted by Crippen LogP contribution is -2.29. The van der Waals surface area contributed by atoms with Gasteiger partial charge in [0.05, 0.1) is 17.7 Å². The fourth-order valence-electron chi connectivity index (χ4n) is 3.60. The minimum atomic E-state index is -0.285. The average Bonchev–Trinajstić information content (AvgIpc) is 3.00. The zero-order valence-corrected chi connectivity index (χ0v) is 16.7. The van der Waals surface area contributed by atoms with Crippen molar-refractivity contribution in [3.8, 4) is 0 Å². The number of hydrogen-bond acceptors (Lipinski definition) is 3. The van der Waals surface area contributed by atoms with Gasteiger partial charge >= 0.3 is 0 Å². The second-order valence-corrected chi connectivity index (χ2v) is 7.42. The molecular weight excluding hydrogens is 376 g/mol. The van der Waals surface area contributed by atoms with E-state index in [1.807, 2.05) is 55.5 Å². The third-order valence-electron chi connectivity index (χ3n) is 5.32. The summed E-state index contributed by atoms with van der Waals surface area (Å²) in [5.74, 6) is -0.644. The number of carbonyl (C=O) groups is 3. The van der Waals surface area contributed by atoms with Crippen molar-refractivity contribution in [3.63, 3.8) is 0 Å². The maximum Gasteiger partial charge on any atom is 0.261 e. The molecule has 5 nitrogen and oxygen atoms in total. The van der Waals surface area contributed by atoms with Crippen molar-refractivity contribution in [3.05, 3.63) is 101 Å². The van der Waals surface area contributed by atoms with E-state index in [4.69, 9.17) is 0 Å². The Morgan fingerprint density at radius 1 is 0.867 bits per heavy atom. The molecule has 1 aliphatic heterocycles. The lowest BCUT2D eigenvalue weighted by Gasteiger charge is -2.17. The van der Waals surface area contributed by atoms with Gasteiger partial charge in [0, 0.05) is 12.1 Å². The normalized spacial score (nSPS) is 12.8. The third-order valence-corrected chi connectivity index (χ3v) is 5.32. The number of nitrogens with zero attached hydrogens (tertiary/aromatic N) is 1. The molecule has 0 bridgehead atoms. The number of aryl methyl sites for hydroxylation is 2. The first-order valence-electron chi connectivity index (χ1n) is 9.91. The molecule has 0 radical (unpaired) electrons. The Morgan fingerprint density at radius 3 is 2.17 bits per heavy atom. The van der Waals surface area contributed by atoms with Crippen LogP contribution in [0.5, 0.6) is 0 Å². The largest absolute Gasteiger partial charge is 0.326 e. The first-order valence-corrected chi connectivity index (χ1v) is 9.91. The molecule has 30 heavy (non-hydrogen) atoms. The van der Waals surface area contributed by atoms with Crippen molar-refractivity contribution < 1.29 is 14.4 Å². The van der Waals surface area contributed by atoms with Gasteiger partial charge in [-0.25, -0.2) is 0 Å². The highest BCUT2D eigenvalue weighted by Gasteiger charge is 2.35. The molecule has 3 aromatic rings. The molecule has 0 atom stereocenters. The van der Waals surface area contributed by atoms with Gasteiger partial charge < -0.3 is 5.32 Å². The number of carbonyl (C=O) groups excluding carboxylic acids is 3. The topological polar surface area (TPSA) is 66.5 Å². The van der Waals surface area contributed by atoms with Crippen LogP contribution in [0.3, 0.4) is 0 Å². The van der Waals surface area contributed by atoms with Gasteiger partial charge in [-0.1, -0.05) is 48.5 Å². The van der Waals surface area contributed by atoms with Crippen molar-refractivity contribution in [2.45, 2.75) is 26.3 Å². The summed E-state index contributed by atoms with van der Waals surface area (Å²) in [6.07, 6.45) is 1.05. The molecule has 4 rings (SSSR count). The summed E-state index contributed by atoms with van der Waals surface area (Å²) in [5, 5.41) is 2.92. The van der Waals surface area contributed by atoms with Crippen molar-refractivity contribution in [1.82, 2.24) is 4.90 Å². The van der Waals surface area contributed by atoms with Gasteiger partial charge in [0.25, 0.3) is 11.8 Å². The second kappa shape index (κ2) is 8.33. The van der Waals surface area contributed by atoms with Gasteiger partial charge in [0.1, 0.15) is 0 Å². The molecule has 0 fully saturated rings. The predicted molar refractivity (Wildman–Crippen MR) is 115 cm³/mol. The molecule has 5 heteroatoms. The van der Waals surface area contributed by atoms with E-state index in [1.165, 1.54) is 4.90 Å². The number of nitrogens with one attached hydrogen (secondary N) is 1. The Labute approximate surface area is 175 Å². The Balaban J connectivity index is 1.44. The van der Waals surface area contributed by atoms with Gasteiger partial charge in [-0.05, 0) is 54.3 Å². The van der Waals surface area contributed by atoms with Crippen LogP contribution in [0.4, 0.5) is 5.69 Å². The van der Waals surface area contributed by atoms with E-state index < -0.39 is 0 Å². The van der Waals surface area contributed by atoms with E-state index in [0.717, 1.165) is 16.7 Å². The molecule has 150 valence electrons. The maximum absolute atomic E-state index is 12.6. The zero-order chi connectivity index (χ0) is 21.1. The Morgan fingerprint density at radius 2 is 1.50 bits per heavy atom. The number of amides is 3. The molecule has 0 saturated carbocycles. The summed E-state index contributed by atoms with van der Waals surface area (Å²) < 4.78 is 0. The van der Waals surface area contributed by atoms with Crippen LogP contribution in [0.1, 0.15) is 43.8 Å². The quantitative estimate of drug-likeness (QED) is 0.627. The fourth-order valence-corrected chi connectivity index (χ4v) is 3.60. The van der Waals surface area contributed by atoms with E-state index in [-0.39, 0.29) is 24.3 Å². The first kappa shape index (κ1) is 19.6. The highest BCUT2D eigenvalue weighted by atomic mass is 16.2. The standard InChI is InChI=1S/C25H22N2O3/c1-17-11-13-20(26-23(28)14-12-18-7-3-2-4-8-18)15-19(17)16-27-24(29)21-9-5-6-10-22(21)25(27)30/h2-11,13,15H,12,14,16H2,1H3,(H,26,28). The van der Waals surface area contributed by atoms with E-state index in [9.17, 15) is 14.4 Å². The summed E-state index contributed by atoms with van der Waals surface area (Å²) in [6.45, 7) is 2.10. The molecule has 3 amide bonds. The van der Waals surface area contributed by atoms with Crippen LogP contribution in [0.15, 0.2) is 72.8 Å². The van der Waals surface area contributed by atoms with Gasteiger partial charge in [-0.2, -0.15) is 0 Å². The van der Waals surface area contributed by atoms with Crippen LogP contribution >= 0.6 is 0 Å². The SMILES string of the molecule is Cc1ccc(NC(=O)CCc2ccccc2)cc1CN1C(=O)c2ccccc2C1=O. The Kier molecular flexibility index (Phi) is 5.44. The smallest absolute Gasteiger partial charge is 0.261 e. The highest BCUT2D eigenvalue weighted by molar-refractivity contribution is 6.21. The lowest BCUT2D eigenvalue weighted by atomic mass is 10.1. The van der Waals surface area contributed by atoms with Crippen LogP contribution in [-0.2, 0) is 17.8 Å². The van der Waals surface area contributed by atoms with E-state index in [1.54, 1.807) is 24.3 Å². The van der Waals surface area contributed by atoms with Crippen LogP contribution < -0.4 is 5.32 Å².